The number of hydrogen-bond acceptors (Lipinski definition) is 5. The van der Waals surface area contributed by atoms with Crippen molar-refractivity contribution in [1.29, 1.82) is 0 Å². The predicted molar refractivity (Wildman–Crippen MR) is 140 cm³/mol. The van der Waals surface area contributed by atoms with Gasteiger partial charge in [-0.15, -0.1) is 11.3 Å². The number of thiazole rings is 1. The monoisotopic (exact) mass is 482 g/mol. The average Bonchev–Trinajstić information content (AvgIpc) is 3.52. The van der Waals surface area contributed by atoms with Crippen LogP contribution in [0.25, 0.3) is 21.8 Å². The summed E-state index contributed by atoms with van der Waals surface area (Å²) in [5.41, 5.74) is 6.63. The van der Waals surface area contributed by atoms with Crippen LogP contribution in [0.5, 0.6) is 0 Å². The molecule has 4 aromatic rings. The lowest BCUT2D eigenvalue weighted by Crippen LogP contribution is -2.29. The van der Waals surface area contributed by atoms with Gasteiger partial charge in [-0.3, -0.25) is 14.6 Å². The minimum absolute atomic E-state index is 0.00554. The first-order valence-corrected chi connectivity index (χ1v) is 12.6. The molecule has 1 aliphatic rings. The number of nitrogens with zero attached hydrogens (tertiary/aromatic N) is 3. The van der Waals surface area contributed by atoms with Crippen LogP contribution < -0.4 is 10.2 Å². The van der Waals surface area contributed by atoms with Crippen LogP contribution in [0, 0.1) is 12.8 Å². The largest absolute Gasteiger partial charge is 0.326 e. The molecule has 2 amide bonds. The minimum atomic E-state index is -0.395. The number of carbonyl (C=O) groups is 2. The molecule has 1 atom stereocenters. The minimum Gasteiger partial charge on any atom is -0.326 e. The maximum Gasteiger partial charge on any atom is 0.229 e. The Bertz CT molecular complexity index is 1380. The van der Waals surface area contributed by atoms with Crippen LogP contribution in [-0.2, 0) is 16.0 Å². The highest BCUT2D eigenvalue weighted by Gasteiger charge is 2.36. The van der Waals surface area contributed by atoms with Gasteiger partial charge >= 0.3 is 0 Å². The quantitative estimate of drug-likeness (QED) is 0.381. The number of nitrogens with one attached hydrogen (secondary N) is 1. The van der Waals surface area contributed by atoms with Gasteiger partial charge in [0.15, 0.2) is 0 Å². The Kier molecular flexibility index (Phi) is 6.42. The second-order valence-corrected chi connectivity index (χ2v) is 9.54. The molecule has 2 aromatic carbocycles. The zero-order valence-electron chi connectivity index (χ0n) is 19.7. The fraction of sp³-hybridized carbons (Fsp3) is 0.214. The van der Waals surface area contributed by atoms with Crippen molar-refractivity contribution in [3.63, 3.8) is 0 Å². The fourth-order valence-corrected chi connectivity index (χ4v) is 5.36. The molecule has 0 bridgehead atoms. The second kappa shape index (κ2) is 9.80. The lowest BCUT2D eigenvalue weighted by Gasteiger charge is -2.22. The van der Waals surface area contributed by atoms with E-state index in [9.17, 15) is 9.59 Å². The summed E-state index contributed by atoms with van der Waals surface area (Å²) in [5, 5.41) is 5.95. The van der Waals surface area contributed by atoms with E-state index in [2.05, 4.69) is 17.2 Å². The molecule has 0 aliphatic carbocycles. The first-order chi connectivity index (χ1) is 17.0. The summed E-state index contributed by atoms with van der Waals surface area (Å²) in [7, 11) is 0. The van der Waals surface area contributed by atoms with E-state index in [0.717, 1.165) is 45.1 Å². The van der Waals surface area contributed by atoms with Crippen LogP contribution in [0.3, 0.4) is 0 Å². The lowest BCUT2D eigenvalue weighted by atomic mass is 10.0. The molecule has 7 heteroatoms. The number of aromatic nitrogens is 2. The van der Waals surface area contributed by atoms with E-state index in [1.54, 1.807) is 28.6 Å². The smallest absolute Gasteiger partial charge is 0.229 e. The number of rotatable bonds is 6. The Balaban J connectivity index is 1.31. The summed E-state index contributed by atoms with van der Waals surface area (Å²) < 4.78 is 0. The molecule has 1 unspecified atom stereocenters. The van der Waals surface area contributed by atoms with Crippen LogP contribution in [-0.4, -0.2) is 28.3 Å². The standard InChI is InChI=1S/C28H26N4O2S/c1-3-19-7-4-6-18(2)26(19)32-16-22(15-25(32)33)27(34)30-23-9-5-8-21(14-23)24-17-35-28(31-24)20-10-12-29-13-11-20/h4-14,17,22H,3,15-16H2,1-2H3,(H,30,34). The fourth-order valence-electron chi connectivity index (χ4n) is 4.52. The van der Waals surface area contributed by atoms with Crippen molar-refractivity contribution >= 4 is 34.5 Å². The molecule has 0 spiro atoms. The molecular weight excluding hydrogens is 456 g/mol. The van der Waals surface area contributed by atoms with E-state index in [4.69, 9.17) is 4.98 Å². The average molecular weight is 483 g/mol. The van der Waals surface area contributed by atoms with Crippen LogP contribution >= 0.6 is 11.3 Å². The maximum absolute atomic E-state index is 13.1. The summed E-state index contributed by atoms with van der Waals surface area (Å²) in [6, 6.07) is 17.6. The topological polar surface area (TPSA) is 75.2 Å². The van der Waals surface area contributed by atoms with Crippen molar-refractivity contribution in [3.05, 3.63) is 83.5 Å². The van der Waals surface area contributed by atoms with Gasteiger partial charge in [-0.25, -0.2) is 4.98 Å². The van der Waals surface area contributed by atoms with Gasteiger partial charge in [0.2, 0.25) is 11.8 Å². The molecule has 3 heterocycles. The first kappa shape index (κ1) is 22.9. The molecule has 35 heavy (non-hydrogen) atoms. The number of hydrogen-bond donors (Lipinski definition) is 1. The zero-order valence-corrected chi connectivity index (χ0v) is 20.5. The molecule has 1 saturated heterocycles. The number of anilines is 2. The SMILES string of the molecule is CCc1cccc(C)c1N1CC(C(=O)Nc2cccc(-c3csc(-c4ccncc4)n3)c2)CC1=O. The summed E-state index contributed by atoms with van der Waals surface area (Å²) in [4.78, 5) is 36.6. The zero-order chi connectivity index (χ0) is 24.4. The highest BCUT2D eigenvalue weighted by atomic mass is 32.1. The van der Waals surface area contributed by atoms with Crippen LogP contribution in [0.15, 0.2) is 72.4 Å². The highest BCUT2D eigenvalue weighted by Crippen LogP contribution is 2.33. The van der Waals surface area contributed by atoms with Crippen molar-refractivity contribution in [2.45, 2.75) is 26.7 Å². The maximum atomic E-state index is 13.1. The van der Waals surface area contributed by atoms with Crippen LogP contribution in [0.1, 0.15) is 24.5 Å². The van der Waals surface area contributed by atoms with Crippen molar-refractivity contribution in [2.75, 3.05) is 16.8 Å². The Hall–Kier alpha value is -3.84. The number of carbonyl (C=O) groups excluding carboxylic acids is 2. The third kappa shape index (κ3) is 4.72. The van der Waals surface area contributed by atoms with Crippen molar-refractivity contribution < 1.29 is 9.59 Å². The third-order valence-corrected chi connectivity index (χ3v) is 7.22. The number of amides is 2. The van der Waals surface area contributed by atoms with Crippen molar-refractivity contribution in [2.24, 2.45) is 5.92 Å². The third-order valence-electron chi connectivity index (χ3n) is 6.33. The van der Waals surface area contributed by atoms with Gasteiger partial charge < -0.3 is 10.2 Å². The van der Waals surface area contributed by atoms with E-state index >= 15 is 0 Å². The Morgan fingerprint density at radius 3 is 2.71 bits per heavy atom. The van der Waals surface area contributed by atoms with Gasteiger partial charge in [0, 0.05) is 53.2 Å². The van der Waals surface area contributed by atoms with Gasteiger partial charge in [-0.2, -0.15) is 0 Å². The Labute approximate surface area is 208 Å². The van der Waals surface area contributed by atoms with E-state index in [1.807, 2.05) is 66.9 Å². The van der Waals surface area contributed by atoms with E-state index in [0.29, 0.717) is 12.2 Å². The van der Waals surface area contributed by atoms with Gasteiger partial charge in [0.05, 0.1) is 11.6 Å². The van der Waals surface area contributed by atoms with E-state index < -0.39 is 5.92 Å². The summed E-state index contributed by atoms with van der Waals surface area (Å²) in [5.74, 6) is -0.539. The first-order valence-electron chi connectivity index (χ1n) is 11.7. The molecular formula is C28H26N4O2S. The number of aryl methyl sites for hydroxylation is 2. The van der Waals surface area contributed by atoms with Gasteiger partial charge in [-0.1, -0.05) is 37.3 Å². The number of pyridine rings is 1. The highest BCUT2D eigenvalue weighted by molar-refractivity contribution is 7.13. The van der Waals surface area contributed by atoms with E-state index in [1.165, 1.54) is 0 Å². The summed E-state index contributed by atoms with van der Waals surface area (Å²) in [6.45, 7) is 4.49. The lowest BCUT2D eigenvalue weighted by molar-refractivity contribution is -0.122. The molecule has 1 aliphatic heterocycles. The number of benzene rings is 2. The molecule has 0 radical (unpaired) electrons. The predicted octanol–water partition coefficient (Wildman–Crippen LogP) is 5.73. The Morgan fingerprint density at radius 2 is 1.91 bits per heavy atom. The van der Waals surface area contributed by atoms with Gasteiger partial charge in [-0.05, 0) is 48.7 Å². The molecule has 1 fully saturated rings. The normalized spacial score (nSPS) is 15.4. The molecule has 6 nitrogen and oxygen atoms in total. The van der Waals surface area contributed by atoms with Gasteiger partial charge in [0.25, 0.3) is 0 Å². The molecule has 5 rings (SSSR count). The van der Waals surface area contributed by atoms with E-state index in [-0.39, 0.29) is 18.2 Å². The molecule has 0 saturated carbocycles. The van der Waals surface area contributed by atoms with Crippen LogP contribution in [0.4, 0.5) is 11.4 Å². The Morgan fingerprint density at radius 1 is 1.11 bits per heavy atom. The van der Waals surface area contributed by atoms with Crippen LogP contribution in [0.2, 0.25) is 0 Å². The molecule has 2 aromatic heterocycles. The van der Waals surface area contributed by atoms with Crippen molar-refractivity contribution in [3.8, 4) is 21.8 Å². The second-order valence-electron chi connectivity index (χ2n) is 8.69. The molecule has 176 valence electrons. The summed E-state index contributed by atoms with van der Waals surface area (Å²) in [6.07, 6.45) is 4.56. The molecule has 1 N–H and O–H groups in total. The number of para-hydroxylation sites is 1. The van der Waals surface area contributed by atoms with Gasteiger partial charge in [0.1, 0.15) is 5.01 Å². The summed E-state index contributed by atoms with van der Waals surface area (Å²) >= 11 is 1.57. The van der Waals surface area contributed by atoms with Crippen molar-refractivity contribution in [1.82, 2.24) is 9.97 Å².